The Morgan fingerprint density at radius 3 is 2.69 bits per heavy atom. The van der Waals surface area contributed by atoms with Crippen LogP contribution in [0.15, 0.2) is 30.9 Å². The topological polar surface area (TPSA) is 89.9 Å². The number of benzene rings is 1. The maximum absolute atomic E-state index is 12.2. The smallest absolute Gasteiger partial charge is 0.347 e. The van der Waals surface area contributed by atoms with Crippen LogP contribution >= 0.6 is 23.2 Å². The third-order valence-corrected chi connectivity index (χ3v) is 6.16. The van der Waals surface area contributed by atoms with Crippen LogP contribution in [-0.4, -0.2) is 35.0 Å². The van der Waals surface area contributed by atoms with Gasteiger partial charge < -0.3 is 14.6 Å². The second-order valence-electron chi connectivity index (χ2n) is 7.57. The van der Waals surface area contributed by atoms with Crippen molar-refractivity contribution in [3.63, 3.8) is 0 Å². The molecule has 2 unspecified atom stereocenters. The highest BCUT2D eigenvalue weighted by Crippen LogP contribution is 2.62. The van der Waals surface area contributed by atoms with E-state index in [0.717, 1.165) is 0 Å². The van der Waals surface area contributed by atoms with Gasteiger partial charge in [0.2, 0.25) is 5.60 Å². The van der Waals surface area contributed by atoms with E-state index in [1.54, 1.807) is 18.2 Å². The Bertz CT molecular complexity index is 949. The number of fused-ring (bicyclic) bond motifs is 3. The molecular weight excluding hydrogens is 419 g/mol. The molecule has 0 heterocycles. The number of ketones is 1. The Balaban J connectivity index is 1.96. The van der Waals surface area contributed by atoms with Crippen molar-refractivity contribution in [2.45, 2.75) is 38.4 Å². The molecule has 8 heteroatoms. The van der Waals surface area contributed by atoms with Crippen LogP contribution in [0.25, 0.3) is 5.57 Å². The minimum absolute atomic E-state index is 0.0391. The summed E-state index contributed by atoms with van der Waals surface area (Å²) in [6, 6.07) is 3.37. The molecule has 0 aromatic heterocycles. The first kappa shape index (κ1) is 21.6. The van der Waals surface area contributed by atoms with Crippen LogP contribution in [0.1, 0.15) is 43.9 Å². The van der Waals surface area contributed by atoms with Crippen LogP contribution in [0.2, 0.25) is 10.0 Å². The summed E-state index contributed by atoms with van der Waals surface area (Å²) < 4.78 is 10.9. The lowest BCUT2D eigenvalue weighted by molar-refractivity contribution is -0.179. The molecule has 0 saturated heterocycles. The number of aliphatic carboxylic acids is 1. The summed E-state index contributed by atoms with van der Waals surface area (Å²) in [6.07, 6.45) is 3.31. The Kier molecular flexibility index (Phi) is 5.64. The zero-order chi connectivity index (χ0) is 21.6. The molecule has 154 valence electrons. The highest BCUT2D eigenvalue weighted by molar-refractivity contribution is 6.43. The van der Waals surface area contributed by atoms with Gasteiger partial charge in [0, 0.05) is 17.4 Å². The molecule has 2 atom stereocenters. The molecule has 1 N–H and O–H groups in total. The van der Waals surface area contributed by atoms with Crippen molar-refractivity contribution in [1.82, 2.24) is 0 Å². The summed E-state index contributed by atoms with van der Waals surface area (Å²) in [5, 5.41) is 9.76. The number of hydrogen-bond donors (Lipinski definition) is 1. The zero-order valence-corrected chi connectivity index (χ0v) is 17.5. The summed E-state index contributed by atoms with van der Waals surface area (Å²) >= 11 is 12.6. The Labute approximate surface area is 178 Å². The number of carbonyl (C=O) groups excluding carboxylic acids is 2. The van der Waals surface area contributed by atoms with Crippen molar-refractivity contribution in [3.05, 3.63) is 52.0 Å². The van der Waals surface area contributed by atoms with Gasteiger partial charge in [0.25, 0.3) is 0 Å². The van der Waals surface area contributed by atoms with E-state index in [0.29, 0.717) is 39.6 Å². The summed E-state index contributed by atoms with van der Waals surface area (Å²) in [7, 11) is 0. The maximum atomic E-state index is 12.2. The largest absolute Gasteiger partial charge is 0.478 e. The molecule has 1 aromatic carbocycles. The van der Waals surface area contributed by atoms with E-state index in [9.17, 15) is 14.4 Å². The van der Waals surface area contributed by atoms with Gasteiger partial charge in [-0.05, 0) is 43.5 Å². The van der Waals surface area contributed by atoms with E-state index in [4.69, 9.17) is 37.8 Å². The van der Waals surface area contributed by atoms with E-state index >= 15 is 0 Å². The molecule has 1 aromatic rings. The van der Waals surface area contributed by atoms with E-state index in [1.807, 2.05) is 0 Å². The summed E-state index contributed by atoms with van der Waals surface area (Å²) in [5.74, 6) is -2.12. The van der Waals surface area contributed by atoms with Gasteiger partial charge in [-0.25, -0.2) is 9.59 Å². The fourth-order valence-electron chi connectivity index (χ4n) is 3.81. The SMILES string of the molecule is C=CC12CCC(=O)C=C1c1c(ccc(Cl)c1Cl)C2OCC(=O)OC(C)(C)C(=O)O. The summed E-state index contributed by atoms with van der Waals surface area (Å²) in [4.78, 5) is 35.5. The average molecular weight is 439 g/mol. The molecule has 0 saturated carbocycles. The van der Waals surface area contributed by atoms with Gasteiger partial charge in [0.15, 0.2) is 5.78 Å². The van der Waals surface area contributed by atoms with Crippen LogP contribution in [0.4, 0.5) is 0 Å². The number of rotatable bonds is 6. The minimum atomic E-state index is -1.68. The van der Waals surface area contributed by atoms with Gasteiger partial charge in [0.1, 0.15) is 6.61 Å². The number of ether oxygens (including phenoxy) is 2. The molecule has 0 fully saturated rings. The van der Waals surface area contributed by atoms with Gasteiger partial charge in [0.05, 0.1) is 16.1 Å². The van der Waals surface area contributed by atoms with Crippen molar-refractivity contribution in [2.24, 2.45) is 5.41 Å². The summed E-state index contributed by atoms with van der Waals surface area (Å²) in [6.45, 7) is 6.01. The molecular formula is C21H20Cl2O6. The van der Waals surface area contributed by atoms with Crippen molar-refractivity contribution in [1.29, 1.82) is 0 Å². The average Bonchev–Trinajstić information content (AvgIpc) is 2.92. The van der Waals surface area contributed by atoms with E-state index in [1.165, 1.54) is 19.9 Å². The van der Waals surface area contributed by atoms with Gasteiger partial charge in [-0.3, -0.25) is 4.79 Å². The van der Waals surface area contributed by atoms with Crippen LogP contribution in [-0.2, 0) is 23.9 Å². The van der Waals surface area contributed by atoms with Gasteiger partial charge in [-0.1, -0.05) is 35.3 Å². The zero-order valence-electron chi connectivity index (χ0n) is 16.0. The Morgan fingerprint density at radius 1 is 1.38 bits per heavy atom. The lowest BCUT2D eigenvalue weighted by atomic mass is 9.71. The van der Waals surface area contributed by atoms with Crippen molar-refractivity contribution in [3.8, 4) is 0 Å². The number of esters is 1. The van der Waals surface area contributed by atoms with Crippen LogP contribution in [0.3, 0.4) is 0 Å². The quantitative estimate of drug-likeness (QED) is 0.523. The number of halogens is 2. The highest BCUT2D eigenvalue weighted by Gasteiger charge is 2.52. The predicted octanol–water partition coefficient (Wildman–Crippen LogP) is 4.39. The number of carboxylic acids is 1. The summed E-state index contributed by atoms with van der Waals surface area (Å²) in [5.41, 5.74) is -0.478. The monoisotopic (exact) mass is 438 g/mol. The standard InChI is InChI=1S/C21H20Cl2O6/c1-4-21-8-7-11(24)9-13(21)16-12(5-6-14(22)17(16)23)18(21)28-10-15(25)29-20(2,3)19(26)27/h4-6,9,18H,1,7-8,10H2,2-3H3,(H,26,27). The molecule has 6 nitrogen and oxygen atoms in total. The Morgan fingerprint density at radius 2 is 2.07 bits per heavy atom. The highest BCUT2D eigenvalue weighted by atomic mass is 35.5. The Hall–Kier alpha value is -2.15. The van der Waals surface area contributed by atoms with Gasteiger partial charge >= 0.3 is 11.9 Å². The molecule has 0 radical (unpaired) electrons. The van der Waals surface area contributed by atoms with Crippen LogP contribution in [0.5, 0.6) is 0 Å². The van der Waals surface area contributed by atoms with Crippen molar-refractivity contribution >= 4 is 46.5 Å². The fraction of sp³-hybridized carbons (Fsp3) is 0.381. The molecule has 29 heavy (non-hydrogen) atoms. The third kappa shape index (κ3) is 3.61. The van der Waals surface area contributed by atoms with Crippen molar-refractivity contribution < 1.29 is 29.0 Å². The lowest BCUT2D eigenvalue weighted by Gasteiger charge is -2.36. The number of allylic oxidation sites excluding steroid dienone is 1. The second kappa shape index (κ2) is 7.59. The molecule has 0 amide bonds. The molecule has 3 rings (SSSR count). The van der Waals surface area contributed by atoms with Gasteiger partial charge in [-0.2, -0.15) is 0 Å². The first-order valence-corrected chi connectivity index (χ1v) is 9.73. The van der Waals surface area contributed by atoms with Crippen LogP contribution < -0.4 is 0 Å². The number of carbonyl (C=O) groups is 3. The first-order chi connectivity index (χ1) is 13.5. The molecule has 0 bridgehead atoms. The maximum Gasteiger partial charge on any atom is 0.347 e. The van der Waals surface area contributed by atoms with Gasteiger partial charge in [-0.15, -0.1) is 6.58 Å². The molecule has 0 spiro atoms. The molecule has 0 aliphatic heterocycles. The fourth-order valence-corrected chi connectivity index (χ4v) is 4.24. The van der Waals surface area contributed by atoms with Crippen molar-refractivity contribution in [2.75, 3.05) is 6.61 Å². The second-order valence-corrected chi connectivity index (χ2v) is 8.36. The molecule has 2 aliphatic rings. The van der Waals surface area contributed by atoms with E-state index in [2.05, 4.69) is 6.58 Å². The van der Waals surface area contributed by atoms with Crippen LogP contribution in [0, 0.1) is 5.41 Å². The van der Waals surface area contributed by atoms with E-state index < -0.39 is 35.7 Å². The third-order valence-electron chi connectivity index (χ3n) is 5.35. The normalized spacial score (nSPS) is 23.1. The number of hydrogen-bond acceptors (Lipinski definition) is 5. The van der Waals surface area contributed by atoms with E-state index in [-0.39, 0.29) is 5.78 Å². The first-order valence-electron chi connectivity index (χ1n) is 8.97. The lowest BCUT2D eigenvalue weighted by Crippen LogP contribution is -2.38. The molecule has 2 aliphatic carbocycles. The minimum Gasteiger partial charge on any atom is -0.478 e. The predicted molar refractivity (Wildman–Crippen MR) is 108 cm³/mol. The number of carboxylic acid groups (broad SMARTS) is 1.